The van der Waals surface area contributed by atoms with E-state index in [0.29, 0.717) is 60.1 Å². The van der Waals surface area contributed by atoms with Crippen molar-refractivity contribution in [3.8, 4) is 28.7 Å². The second-order valence-electron chi connectivity index (χ2n) is 13.8. The zero-order valence-corrected chi connectivity index (χ0v) is 28.3. The van der Waals surface area contributed by atoms with E-state index in [0.717, 1.165) is 39.9 Å². The van der Waals surface area contributed by atoms with Gasteiger partial charge in [-0.1, -0.05) is 25.1 Å². The molecule has 0 amide bonds. The van der Waals surface area contributed by atoms with Crippen LogP contribution in [-0.4, -0.2) is 35.7 Å². The molecule has 3 heterocycles. The molecule has 2 unspecified atom stereocenters. The van der Waals surface area contributed by atoms with Crippen molar-refractivity contribution < 1.29 is 33.6 Å². The average molecular weight is 648 g/mol. The number of aromatic hydroxyl groups is 1. The molecule has 48 heavy (non-hydrogen) atoms. The van der Waals surface area contributed by atoms with Crippen molar-refractivity contribution >= 4 is 17.6 Å². The molecule has 2 atom stereocenters. The number of nitrogens with zero attached hydrogens (tertiary/aromatic N) is 1. The van der Waals surface area contributed by atoms with Gasteiger partial charge >= 0.3 is 11.9 Å². The van der Waals surface area contributed by atoms with Gasteiger partial charge in [-0.25, -0.2) is 4.79 Å². The zero-order chi connectivity index (χ0) is 34.0. The molecule has 8 nitrogen and oxygen atoms in total. The summed E-state index contributed by atoms with van der Waals surface area (Å²) in [6.07, 6.45) is 1.91. The maximum absolute atomic E-state index is 13.5. The van der Waals surface area contributed by atoms with Gasteiger partial charge in [-0.2, -0.15) is 0 Å². The molecule has 0 saturated heterocycles. The van der Waals surface area contributed by atoms with Gasteiger partial charge in [0.05, 0.1) is 12.2 Å². The lowest BCUT2D eigenvalue weighted by Gasteiger charge is -2.48. The third-order valence-electron chi connectivity index (χ3n) is 9.96. The van der Waals surface area contributed by atoms with Gasteiger partial charge in [-0.05, 0) is 106 Å². The van der Waals surface area contributed by atoms with E-state index in [9.17, 15) is 14.7 Å². The molecular weight excluding hydrogens is 606 g/mol. The van der Waals surface area contributed by atoms with Gasteiger partial charge in [-0.3, -0.25) is 4.79 Å². The summed E-state index contributed by atoms with van der Waals surface area (Å²) in [5, 5.41) is 10.3. The Morgan fingerprint density at radius 3 is 2.44 bits per heavy atom. The van der Waals surface area contributed by atoms with Crippen LogP contribution in [0.15, 0.2) is 66.7 Å². The predicted octanol–water partition coefficient (Wildman–Crippen LogP) is 8.80. The minimum Gasteiger partial charge on any atom is -0.507 e. The van der Waals surface area contributed by atoms with Gasteiger partial charge < -0.3 is 29.0 Å². The van der Waals surface area contributed by atoms with Crippen LogP contribution < -0.4 is 14.4 Å². The molecule has 8 heteroatoms. The Kier molecular flexibility index (Phi) is 7.65. The number of fused-ring (bicyclic) bond motifs is 7. The minimum atomic E-state index is -1.21. The molecule has 0 bridgehead atoms. The van der Waals surface area contributed by atoms with Crippen molar-refractivity contribution in [2.75, 3.05) is 18.1 Å². The third kappa shape index (κ3) is 5.05. The van der Waals surface area contributed by atoms with Crippen LogP contribution in [0.1, 0.15) is 96.6 Å². The van der Waals surface area contributed by atoms with E-state index in [1.807, 2.05) is 63.2 Å². The van der Waals surface area contributed by atoms with E-state index in [-0.39, 0.29) is 29.1 Å². The number of carbonyl (C=O) groups is 2. The molecule has 1 spiro atoms. The smallest absolute Gasteiger partial charge is 0.340 e. The highest BCUT2D eigenvalue weighted by Gasteiger charge is 2.54. The van der Waals surface area contributed by atoms with Gasteiger partial charge in [0.1, 0.15) is 28.7 Å². The number of rotatable bonds is 7. The van der Waals surface area contributed by atoms with Crippen LogP contribution >= 0.6 is 0 Å². The number of phenols is 1. The number of benzene rings is 4. The van der Waals surface area contributed by atoms with E-state index < -0.39 is 5.60 Å². The molecule has 7 rings (SSSR count). The molecule has 0 aromatic heterocycles. The maximum Gasteiger partial charge on any atom is 0.340 e. The molecule has 4 aromatic rings. The van der Waals surface area contributed by atoms with Crippen molar-refractivity contribution in [1.82, 2.24) is 0 Å². The summed E-state index contributed by atoms with van der Waals surface area (Å²) >= 11 is 0. The highest BCUT2D eigenvalue weighted by molar-refractivity contribution is 5.97. The number of esters is 2. The minimum absolute atomic E-state index is 0.173. The molecule has 3 aliphatic rings. The summed E-state index contributed by atoms with van der Waals surface area (Å²) in [5.41, 5.74) is 5.04. The monoisotopic (exact) mass is 647 g/mol. The van der Waals surface area contributed by atoms with Crippen LogP contribution in [0.2, 0.25) is 0 Å². The Hall–Kier alpha value is -4.98. The number of hydrogen-bond acceptors (Lipinski definition) is 8. The van der Waals surface area contributed by atoms with Crippen LogP contribution in [0.4, 0.5) is 5.69 Å². The van der Waals surface area contributed by atoms with Crippen molar-refractivity contribution in [3.05, 3.63) is 106 Å². The van der Waals surface area contributed by atoms with Gasteiger partial charge in [-0.15, -0.1) is 0 Å². The summed E-state index contributed by atoms with van der Waals surface area (Å²) < 4.78 is 24.7. The van der Waals surface area contributed by atoms with Gasteiger partial charge in [0.15, 0.2) is 5.60 Å². The summed E-state index contributed by atoms with van der Waals surface area (Å²) in [4.78, 5) is 28.1. The second kappa shape index (κ2) is 11.6. The first kappa shape index (κ1) is 31.6. The van der Waals surface area contributed by atoms with Crippen LogP contribution in [0, 0.1) is 13.8 Å². The summed E-state index contributed by atoms with van der Waals surface area (Å²) in [5.74, 6) is 2.15. The highest BCUT2D eigenvalue weighted by atomic mass is 16.6. The number of hydrogen-bond donors (Lipinski definition) is 1. The summed E-state index contributed by atoms with van der Waals surface area (Å²) in [6, 6.07) is 21.0. The molecule has 0 saturated carbocycles. The maximum atomic E-state index is 13.5. The van der Waals surface area contributed by atoms with E-state index >= 15 is 0 Å². The van der Waals surface area contributed by atoms with E-state index in [1.165, 1.54) is 0 Å². The Morgan fingerprint density at radius 2 is 1.69 bits per heavy atom. The zero-order valence-electron chi connectivity index (χ0n) is 28.3. The fourth-order valence-corrected chi connectivity index (χ4v) is 7.84. The van der Waals surface area contributed by atoms with E-state index in [2.05, 4.69) is 37.8 Å². The van der Waals surface area contributed by atoms with Crippen LogP contribution in [0.3, 0.4) is 0 Å². The van der Waals surface area contributed by atoms with Gasteiger partial charge in [0, 0.05) is 53.0 Å². The Balaban J connectivity index is 1.36. The van der Waals surface area contributed by atoms with Crippen molar-refractivity contribution in [1.29, 1.82) is 0 Å². The molecule has 1 N–H and O–H groups in total. The Labute approximate surface area is 281 Å². The highest BCUT2D eigenvalue weighted by Crippen LogP contribution is 2.59. The molecule has 248 valence electrons. The molecular formula is C40H41NO7. The number of phenolic OH excluding ortho intramolecular Hbond substituents is 1. The first-order valence-corrected chi connectivity index (χ1v) is 16.7. The topological polar surface area (TPSA) is 94.5 Å². The van der Waals surface area contributed by atoms with E-state index in [1.54, 1.807) is 12.1 Å². The van der Waals surface area contributed by atoms with Crippen LogP contribution in [0.25, 0.3) is 0 Å². The quantitative estimate of drug-likeness (QED) is 0.199. The lowest BCUT2D eigenvalue weighted by Crippen LogP contribution is -2.49. The average Bonchev–Trinajstić information content (AvgIpc) is 3.33. The number of anilines is 1. The van der Waals surface area contributed by atoms with E-state index in [4.69, 9.17) is 18.9 Å². The van der Waals surface area contributed by atoms with Gasteiger partial charge in [0.25, 0.3) is 0 Å². The molecule has 0 aliphatic carbocycles. The van der Waals surface area contributed by atoms with Crippen molar-refractivity contribution in [2.45, 2.75) is 77.9 Å². The normalized spacial score (nSPS) is 19.8. The molecule has 4 aromatic carbocycles. The SMILES string of the molecule is CCOC(=O)CCCN1c2cc3c(cc2C(C)CC1(C)C)C1(OC(=O)c2ccccc21)c1ccc(Oc2cc(C)c(O)c(C)c2)cc1O3. The molecule has 0 radical (unpaired) electrons. The summed E-state index contributed by atoms with van der Waals surface area (Å²) in [7, 11) is 0. The third-order valence-corrected chi connectivity index (χ3v) is 9.96. The van der Waals surface area contributed by atoms with Crippen LogP contribution in [0.5, 0.6) is 28.7 Å². The fraction of sp³-hybridized carbons (Fsp3) is 0.350. The number of ether oxygens (including phenoxy) is 4. The van der Waals surface area contributed by atoms with Crippen LogP contribution in [-0.2, 0) is 19.9 Å². The number of carbonyl (C=O) groups excluding carboxylic acids is 2. The predicted molar refractivity (Wildman–Crippen MR) is 183 cm³/mol. The fourth-order valence-electron chi connectivity index (χ4n) is 7.84. The Bertz CT molecular complexity index is 1940. The first-order valence-electron chi connectivity index (χ1n) is 16.7. The van der Waals surface area contributed by atoms with Gasteiger partial charge in [0.2, 0.25) is 0 Å². The standard InChI is InChI=1S/C40H41NO7/c1-7-45-36(42)13-10-16-41-33-21-35-32(20-29(33)25(4)22-39(41,5)6)40(30-12-9-8-11-28(30)38(44)48-40)31-15-14-26(19-34(31)47-35)46-27-17-23(2)37(43)24(3)18-27/h8-9,11-12,14-15,17-21,25,43H,7,10,13,16,22H2,1-6H3. The molecule has 3 aliphatic heterocycles. The largest absolute Gasteiger partial charge is 0.507 e. The Morgan fingerprint density at radius 1 is 0.958 bits per heavy atom. The lowest BCUT2D eigenvalue weighted by molar-refractivity contribution is -0.143. The lowest BCUT2D eigenvalue weighted by atomic mass is 9.74. The summed E-state index contributed by atoms with van der Waals surface area (Å²) in [6.45, 7) is 13.2. The number of aryl methyl sites for hydroxylation is 2. The molecule has 0 fully saturated rings. The van der Waals surface area contributed by atoms with Crippen molar-refractivity contribution in [3.63, 3.8) is 0 Å². The second-order valence-corrected chi connectivity index (χ2v) is 13.8. The van der Waals surface area contributed by atoms with Crippen molar-refractivity contribution in [2.24, 2.45) is 0 Å². The first-order chi connectivity index (χ1) is 22.9.